The molecular formula is C12H21. The number of fused-ring (bicyclic) bond motifs is 2. The Balaban J connectivity index is 2.33. The fraction of sp³-hybridized carbons (Fsp3) is 0.917. The molecule has 2 atom stereocenters. The summed E-state index contributed by atoms with van der Waals surface area (Å²) in [5, 5.41) is 0. The van der Waals surface area contributed by atoms with Crippen molar-refractivity contribution in [3.05, 3.63) is 5.92 Å². The third kappa shape index (κ3) is 0.744. The van der Waals surface area contributed by atoms with Gasteiger partial charge in [0.1, 0.15) is 0 Å². The van der Waals surface area contributed by atoms with Crippen LogP contribution < -0.4 is 0 Å². The van der Waals surface area contributed by atoms with E-state index in [1.165, 1.54) is 25.7 Å². The molecule has 2 aliphatic carbocycles. The van der Waals surface area contributed by atoms with Crippen LogP contribution in [0.25, 0.3) is 0 Å². The summed E-state index contributed by atoms with van der Waals surface area (Å²) >= 11 is 0. The fourth-order valence-electron chi connectivity index (χ4n) is 3.64. The Labute approximate surface area is 76.7 Å². The summed E-state index contributed by atoms with van der Waals surface area (Å²) < 4.78 is 0. The van der Waals surface area contributed by atoms with Gasteiger partial charge in [-0.1, -0.05) is 27.7 Å². The molecule has 2 rings (SSSR count). The smallest absolute Gasteiger partial charge is 0.0176 e. The molecule has 2 saturated carbocycles. The van der Waals surface area contributed by atoms with Gasteiger partial charge in [-0.05, 0) is 48.3 Å². The molecule has 12 heavy (non-hydrogen) atoms. The van der Waals surface area contributed by atoms with Crippen LogP contribution in [0.15, 0.2) is 0 Å². The summed E-state index contributed by atoms with van der Waals surface area (Å²) in [6.07, 6.45) is 5.68. The highest BCUT2D eigenvalue weighted by Gasteiger charge is 2.60. The lowest BCUT2D eigenvalue weighted by molar-refractivity contribution is 0.162. The zero-order valence-electron chi connectivity index (χ0n) is 8.91. The van der Waals surface area contributed by atoms with E-state index in [1.54, 1.807) is 0 Å². The first-order chi connectivity index (χ1) is 5.52. The quantitative estimate of drug-likeness (QED) is 0.554. The van der Waals surface area contributed by atoms with Gasteiger partial charge in [0.15, 0.2) is 0 Å². The molecule has 0 aromatic heterocycles. The Bertz CT molecular complexity index is 192. The lowest BCUT2D eigenvalue weighted by atomic mass is 9.66. The van der Waals surface area contributed by atoms with E-state index < -0.39 is 0 Å². The van der Waals surface area contributed by atoms with E-state index in [1.807, 2.05) is 5.92 Å². The molecule has 0 nitrogen and oxygen atoms in total. The van der Waals surface area contributed by atoms with Crippen LogP contribution in [0.1, 0.15) is 53.4 Å². The van der Waals surface area contributed by atoms with Gasteiger partial charge in [0.2, 0.25) is 0 Å². The molecule has 0 saturated heterocycles. The van der Waals surface area contributed by atoms with Gasteiger partial charge in [0.05, 0.1) is 0 Å². The molecule has 1 radical (unpaired) electrons. The van der Waals surface area contributed by atoms with Gasteiger partial charge in [0, 0.05) is 0 Å². The van der Waals surface area contributed by atoms with Crippen molar-refractivity contribution >= 4 is 0 Å². The van der Waals surface area contributed by atoms with Gasteiger partial charge in [-0.3, -0.25) is 0 Å². The maximum absolute atomic E-state index is 2.50. The van der Waals surface area contributed by atoms with Crippen LogP contribution in [0.5, 0.6) is 0 Å². The maximum atomic E-state index is 2.50. The first kappa shape index (κ1) is 8.59. The largest absolute Gasteiger partial charge is 0.0648 e. The van der Waals surface area contributed by atoms with Crippen LogP contribution in [0.2, 0.25) is 0 Å². The molecule has 0 heterocycles. The van der Waals surface area contributed by atoms with E-state index in [0.717, 1.165) is 5.92 Å². The second kappa shape index (κ2) is 2.27. The van der Waals surface area contributed by atoms with Crippen molar-refractivity contribution in [3.8, 4) is 0 Å². The Hall–Kier alpha value is 0. The summed E-state index contributed by atoms with van der Waals surface area (Å²) in [5.41, 5.74) is 1.19. The predicted octanol–water partition coefficient (Wildman–Crippen LogP) is 3.82. The van der Waals surface area contributed by atoms with Crippen molar-refractivity contribution < 1.29 is 0 Å². The first-order valence-electron chi connectivity index (χ1n) is 5.37. The molecule has 0 N–H and O–H groups in total. The van der Waals surface area contributed by atoms with Crippen LogP contribution in [0, 0.1) is 22.7 Å². The molecular weight excluding hydrogens is 144 g/mol. The molecule has 0 aromatic rings. The van der Waals surface area contributed by atoms with Crippen molar-refractivity contribution in [3.63, 3.8) is 0 Å². The van der Waals surface area contributed by atoms with E-state index in [0.29, 0.717) is 10.8 Å². The molecule has 0 spiro atoms. The number of hydrogen-bond acceptors (Lipinski definition) is 0. The molecule has 2 aliphatic rings. The van der Waals surface area contributed by atoms with Crippen LogP contribution in [-0.2, 0) is 0 Å². The second-order valence-electron chi connectivity index (χ2n) is 5.45. The van der Waals surface area contributed by atoms with Gasteiger partial charge in [-0.2, -0.15) is 0 Å². The summed E-state index contributed by atoms with van der Waals surface area (Å²) in [6.45, 7) is 9.79. The third-order valence-electron chi connectivity index (χ3n) is 5.14. The molecule has 2 bridgehead atoms. The average Bonchev–Trinajstić information content (AvgIpc) is 2.34. The Kier molecular flexibility index (Phi) is 1.63. The maximum Gasteiger partial charge on any atom is -0.0176 e. The van der Waals surface area contributed by atoms with Crippen molar-refractivity contribution in [1.82, 2.24) is 0 Å². The molecule has 0 heteroatoms. The van der Waals surface area contributed by atoms with Gasteiger partial charge in [0.25, 0.3) is 0 Å². The second-order valence-corrected chi connectivity index (χ2v) is 5.45. The van der Waals surface area contributed by atoms with Crippen LogP contribution in [0.4, 0.5) is 0 Å². The average molecular weight is 165 g/mol. The zero-order valence-corrected chi connectivity index (χ0v) is 8.91. The summed E-state index contributed by atoms with van der Waals surface area (Å²) in [4.78, 5) is 0. The molecule has 0 aromatic carbocycles. The predicted molar refractivity (Wildman–Crippen MR) is 52.8 cm³/mol. The van der Waals surface area contributed by atoms with Gasteiger partial charge in [-0.25, -0.2) is 0 Å². The molecule has 69 valence electrons. The van der Waals surface area contributed by atoms with Crippen LogP contribution in [-0.4, -0.2) is 0 Å². The fourth-order valence-corrected chi connectivity index (χ4v) is 3.64. The summed E-state index contributed by atoms with van der Waals surface area (Å²) in [6, 6.07) is 0. The van der Waals surface area contributed by atoms with E-state index in [9.17, 15) is 0 Å². The highest BCUT2D eigenvalue weighted by atomic mass is 14.6. The summed E-state index contributed by atoms with van der Waals surface area (Å²) in [7, 11) is 0. The number of rotatable bonds is 1. The van der Waals surface area contributed by atoms with E-state index >= 15 is 0 Å². The lowest BCUT2D eigenvalue weighted by Gasteiger charge is -2.38. The summed E-state index contributed by atoms with van der Waals surface area (Å²) in [5.74, 6) is 2.85. The van der Waals surface area contributed by atoms with Crippen LogP contribution >= 0.6 is 0 Å². The molecule has 0 amide bonds. The van der Waals surface area contributed by atoms with Gasteiger partial charge >= 0.3 is 0 Å². The SMILES string of the molecule is CC[C]1C[C@H]2CC[C@@]1(C)C2(C)C. The standard InChI is InChI=1S/C12H21/c1-5-9-8-10-6-7-12(9,4)11(10,2)3/h10H,5-8H2,1-4H3/t10-,12-/m1/s1. The van der Waals surface area contributed by atoms with Crippen molar-refractivity contribution in [1.29, 1.82) is 0 Å². The highest BCUT2D eigenvalue weighted by molar-refractivity contribution is 5.23. The molecule has 0 unspecified atom stereocenters. The minimum Gasteiger partial charge on any atom is -0.0648 e. The number of hydrogen-bond donors (Lipinski definition) is 0. The topological polar surface area (TPSA) is 0 Å². The van der Waals surface area contributed by atoms with Crippen LogP contribution in [0.3, 0.4) is 0 Å². The normalized spacial score (nSPS) is 45.5. The van der Waals surface area contributed by atoms with Crippen molar-refractivity contribution in [2.24, 2.45) is 16.7 Å². The third-order valence-corrected chi connectivity index (χ3v) is 5.14. The molecule has 2 fully saturated rings. The lowest BCUT2D eigenvalue weighted by Crippen LogP contribution is -2.30. The Morgan fingerprint density at radius 1 is 1.33 bits per heavy atom. The monoisotopic (exact) mass is 165 g/mol. The van der Waals surface area contributed by atoms with Crippen molar-refractivity contribution in [2.75, 3.05) is 0 Å². The van der Waals surface area contributed by atoms with Gasteiger partial charge in [-0.15, -0.1) is 0 Å². The van der Waals surface area contributed by atoms with E-state index in [2.05, 4.69) is 27.7 Å². The minimum atomic E-state index is 0.590. The van der Waals surface area contributed by atoms with E-state index in [4.69, 9.17) is 0 Å². The zero-order chi connectivity index (χ0) is 8.98. The highest BCUT2D eigenvalue weighted by Crippen LogP contribution is 2.69. The first-order valence-corrected chi connectivity index (χ1v) is 5.37. The minimum absolute atomic E-state index is 0.590. The van der Waals surface area contributed by atoms with E-state index in [-0.39, 0.29) is 0 Å². The Morgan fingerprint density at radius 2 is 2.00 bits per heavy atom. The Morgan fingerprint density at radius 3 is 2.25 bits per heavy atom. The van der Waals surface area contributed by atoms with Crippen molar-refractivity contribution in [2.45, 2.75) is 53.4 Å². The van der Waals surface area contributed by atoms with Gasteiger partial charge < -0.3 is 0 Å². The molecule has 0 aliphatic heterocycles.